The molecule has 24 heavy (non-hydrogen) atoms. The van der Waals surface area contributed by atoms with Crippen molar-refractivity contribution in [2.75, 3.05) is 13.7 Å². The summed E-state index contributed by atoms with van der Waals surface area (Å²) >= 11 is 0. The van der Waals surface area contributed by atoms with Crippen LogP contribution in [0, 0.1) is 0 Å². The zero-order chi connectivity index (χ0) is 17.3. The molecule has 0 amide bonds. The highest BCUT2D eigenvalue weighted by Gasteiger charge is 2.28. The van der Waals surface area contributed by atoms with Gasteiger partial charge in [-0.3, -0.25) is 10.00 Å². The first kappa shape index (κ1) is 16.6. The molecule has 6 heteroatoms. The maximum atomic E-state index is 11.6. The Morgan fingerprint density at radius 3 is 2.88 bits per heavy atom. The van der Waals surface area contributed by atoms with E-state index < -0.39 is 5.97 Å². The number of carbonyl (C=O) groups is 1. The van der Waals surface area contributed by atoms with Crippen molar-refractivity contribution in [3.05, 3.63) is 46.5 Å². The van der Waals surface area contributed by atoms with Crippen LogP contribution in [0.25, 0.3) is 0 Å². The van der Waals surface area contributed by atoms with Crippen LogP contribution < -0.4 is 0 Å². The lowest BCUT2D eigenvalue weighted by molar-refractivity contribution is 0.0593. The van der Waals surface area contributed by atoms with E-state index in [9.17, 15) is 4.79 Å². The molecule has 0 spiro atoms. The minimum atomic E-state index is -0.400. The summed E-state index contributed by atoms with van der Waals surface area (Å²) in [7, 11) is 1.37. The molecule has 1 aliphatic rings. The molecular weight excluding hydrogens is 304 g/mol. The lowest BCUT2D eigenvalue weighted by Gasteiger charge is -2.28. The molecule has 128 valence electrons. The van der Waals surface area contributed by atoms with Crippen molar-refractivity contribution in [3.8, 4) is 0 Å². The first-order chi connectivity index (χ1) is 11.4. The van der Waals surface area contributed by atoms with Gasteiger partial charge in [0.1, 0.15) is 5.69 Å². The number of fused-ring (bicyclic) bond motifs is 1. The molecule has 3 heterocycles. The molecule has 6 nitrogen and oxygen atoms in total. The van der Waals surface area contributed by atoms with Crippen LogP contribution in [-0.4, -0.2) is 39.7 Å². The van der Waals surface area contributed by atoms with Gasteiger partial charge >= 0.3 is 5.97 Å². The third-order valence-electron chi connectivity index (χ3n) is 4.31. The van der Waals surface area contributed by atoms with Crippen LogP contribution in [0.2, 0.25) is 0 Å². The van der Waals surface area contributed by atoms with Crippen molar-refractivity contribution in [3.63, 3.8) is 0 Å². The van der Waals surface area contributed by atoms with Crippen molar-refractivity contribution in [2.45, 2.75) is 45.7 Å². The summed E-state index contributed by atoms with van der Waals surface area (Å²) in [5.74, 6) is -0.400. The molecule has 0 aliphatic carbocycles. The molecule has 0 unspecified atom stereocenters. The first-order valence-corrected chi connectivity index (χ1v) is 8.21. The predicted octanol–water partition coefficient (Wildman–Crippen LogP) is 2.45. The normalized spacial score (nSPS) is 15.2. The number of rotatable bonds is 3. The van der Waals surface area contributed by atoms with E-state index in [1.54, 1.807) is 6.07 Å². The highest BCUT2D eigenvalue weighted by atomic mass is 16.5. The van der Waals surface area contributed by atoms with E-state index in [1.165, 1.54) is 18.4 Å². The minimum absolute atomic E-state index is 0.0240. The summed E-state index contributed by atoms with van der Waals surface area (Å²) in [6, 6.07) is 5.47. The molecule has 0 saturated heterocycles. The van der Waals surface area contributed by atoms with Crippen LogP contribution in [0.5, 0.6) is 0 Å². The summed E-state index contributed by atoms with van der Waals surface area (Å²) < 4.78 is 4.74. The fourth-order valence-corrected chi connectivity index (χ4v) is 3.12. The van der Waals surface area contributed by atoms with Gasteiger partial charge < -0.3 is 4.74 Å². The van der Waals surface area contributed by atoms with E-state index in [1.807, 2.05) is 12.1 Å². The molecule has 0 atom stereocenters. The van der Waals surface area contributed by atoms with Gasteiger partial charge in [0.15, 0.2) is 0 Å². The molecule has 1 aliphatic heterocycles. The van der Waals surface area contributed by atoms with Crippen LogP contribution in [0.1, 0.15) is 53.9 Å². The van der Waals surface area contributed by atoms with Gasteiger partial charge in [0.05, 0.1) is 18.5 Å². The highest BCUT2D eigenvalue weighted by molar-refractivity contribution is 5.87. The molecular formula is C18H24N4O2. The number of nitrogens with zero attached hydrogens (tertiary/aromatic N) is 3. The average molecular weight is 328 g/mol. The molecule has 0 saturated carbocycles. The minimum Gasteiger partial charge on any atom is -0.464 e. The van der Waals surface area contributed by atoms with Gasteiger partial charge in [0.2, 0.25) is 0 Å². The fraction of sp³-hybridized carbons (Fsp3) is 0.500. The van der Waals surface area contributed by atoms with E-state index in [-0.39, 0.29) is 5.41 Å². The van der Waals surface area contributed by atoms with Gasteiger partial charge in [-0.05, 0) is 12.1 Å². The summed E-state index contributed by atoms with van der Waals surface area (Å²) in [6.07, 6.45) is 0.953. The Labute approximate surface area is 142 Å². The Morgan fingerprint density at radius 2 is 2.17 bits per heavy atom. The summed E-state index contributed by atoms with van der Waals surface area (Å²) in [5.41, 5.74) is 4.94. The monoisotopic (exact) mass is 328 g/mol. The number of nitrogens with one attached hydrogen (secondary N) is 1. The SMILES string of the molecule is COC(=O)c1cccc(CN2CCc3[nH]nc(C(C)(C)C)c3C2)n1. The number of aromatic amines is 1. The third-order valence-corrected chi connectivity index (χ3v) is 4.31. The number of H-pyrrole nitrogens is 1. The zero-order valence-corrected chi connectivity index (χ0v) is 14.7. The standard InChI is InChI=1S/C18H24N4O2/c1-18(2,3)16-13-11-22(9-8-14(13)20-21-16)10-12-6-5-7-15(19-12)17(23)24-4/h5-7H,8-11H2,1-4H3,(H,20,21). The van der Waals surface area contributed by atoms with Gasteiger partial charge in [0, 0.05) is 42.7 Å². The molecule has 0 fully saturated rings. The van der Waals surface area contributed by atoms with Gasteiger partial charge in [-0.2, -0.15) is 5.10 Å². The van der Waals surface area contributed by atoms with Gasteiger partial charge in [0.25, 0.3) is 0 Å². The van der Waals surface area contributed by atoms with Crippen LogP contribution >= 0.6 is 0 Å². The molecule has 3 rings (SSSR count). The summed E-state index contributed by atoms with van der Waals surface area (Å²) in [4.78, 5) is 18.4. The summed E-state index contributed by atoms with van der Waals surface area (Å²) in [6.45, 7) is 9.06. The van der Waals surface area contributed by atoms with Crippen molar-refractivity contribution in [1.82, 2.24) is 20.1 Å². The molecule has 0 radical (unpaired) electrons. The second-order valence-electron chi connectivity index (χ2n) is 7.25. The lowest BCUT2D eigenvalue weighted by atomic mass is 9.87. The second kappa shape index (κ2) is 6.36. The third kappa shape index (κ3) is 3.33. The second-order valence-corrected chi connectivity index (χ2v) is 7.25. The topological polar surface area (TPSA) is 71.1 Å². The Balaban J connectivity index is 1.77. The number of aromatic nitrogens is 3. The largest absolute Gasteiger partial charge is 0.464 e. The van der Waals surface area contributed by atoms with E-state index in [0.29, 0.717) is 12.2 Å². The van der Waals surface area contributed by atoms with E-state index >= 15 is 0 Å². The molecule has 0 aromatic carbocycles. The number of pyridine rings is 1. The number of methoxy groups -OCH3 is 1. The maximum Gasteiger partial charge on any atom is 0.356 e. The fourth-order valence-electron chi connectivity index (χ4n) is 3.12. The van der Waals surface area contributed by atoms with Crippen LogP contribution in [0.3, 0.4) is 0 Å². The molecule has 1 N–H and O–H groups in total. The van der Waals surface area contributed by atoms with Crippen LogP contribution in [0.4, 0.5) is 0 Å². The Hall–Kier alpha value is -2.21. The maximum absolute atomic E-state index is 11.6. The average Bonchev–Trinajstić information content (AvgIpc) is 2.97. The summed E-state index contributed by atoms with van der Waals surface area (Å²) in [5, 5.41) is 7.73. The smallest absolute Gasteiger partial charge is 0.356 e. The number of carbonyl (C=O) groups excluding carboxylic acids is 1. The Bertz CT molecular complexity index is 746. The quantitative estimate of drug-likeness (QED) is 0.876. The zero-order valence-electron chi connectivity index (χ0n) is 14.7. The highest BCUT2D eigenvalue weighted by Crippen LogP contribution is 2.29. The number of ether oxygens (including phenoxy) is 1. The van der Waals surface area contributed by atoms with Crippen molar-refractivity contribution in [2.24, 2.45) is 0 Å². The van der Waals surface area contributed by atoms with Crippen molar-refractivity contribution in [1.29, 1.82) is 0 Å². The predicted molar refractivity (Wildman–Crippen MR) is 90.7 cm³/mol. The van der Waals surface area contributed by atoms with Gasteiger partial charge in [-0.15, -0.1) is 0 Å². The molecule has 0 bridgehead atoms. The Morgan fingerprint density at radius 1 is 1.38 bits per heavy atom. The van der Waals surface area contributed by atoms with Crippen LogP contribution in [0.15, 0.2) is 18.2 Å². The van der Waals surface area contributed by atoms with E-state index in [0.717, 1.165) is 30.9 Å². The number of esters is 1. The first-order valence-electron chi connectivity index (χ1n) is 8.21. The molecule has 2 aromatic heterocycles. The van der Waals surface area contributed by atoms with Gasteiger partial charge in [-0.1, -0.05) is 26.8 Å². The van der Waals surface area contributed by atoms with Crippen molar-refractivity contribution < 1.29 is 9.53 Å². The van der Waals surface area contributed by atoms with Crippen LogP contribution in [-0.2, 0) is 29.7 Å². The Kier molecular flexibility index (Phi) is 4.41. The van der Waals surface area contributed by atoms with E-state index in [2.05, 4.69) is 40.9 Å². The molecule has 2 aromatic rings. The number of hydrogen-bond acceptors (Lipinski definition) is 5. The van der Waals surface area contributed by atoms with Crippen molar-refractivity contribution >= 4 is 5.97 Å². The lowest BCUT2D eigenvalue weighted by Crippen LogP contribution is -2.31. The number of hydrogen-bond donors (Lipinski definition) is 1. The van der Waals surface area contributed by atoms with E-state index in [4.69, 9.17) is 4.74 Å². The van der Waals surface area contributed by atoms with Gasteiger partial charge in [-0.25, -0.2) is 9.78 Å².